The monoisotopic (exact) mass is 246 g/mol. The number of hydrogen-bond donors (Lipinski definition) is 1. The number of aromatic nitrogens is 3. The van der Waals surface area contributed by atoms with Gasteiger partial charge in [-0.1, -0.05) is 6.07 Å². The minimum Gasteiger partial charge on any atom is -0.328 e. The molecule has 17 heavy (non-hydrogen) atoms. The third kappa shape index (κ3) is 1.91. The molecule has 2 N–H and O–H groups in total. The van der Waals surface area contributed by atoms with Gasteiger partial charge >= 0.3 is 11.9 Å². The number of rotatable bonds is 2. The van der Waals surface area contributed by atoms with E-state index in [1.165, 1.54) is 18.3 Å². The fraction of sp³-hybridized carbons (Fsp3) is 0.333. The Balaban J connectivity index is 2.63. The van der Waals surface area contributed by atoms with Crippen LogP contribution in [0.15, 0.2) is 29.2 Å². The number of fused-ring (bicyclic) bond motifs is 1. The molecule has 0 aliphatic rings. The average Bonchev–Trinajstić information content (AvgIpc) is 2.56. The van der Waals surface area contributed by atoms with E-state index >= 15 is 0 Å². The second kappa shape index (κ2) is 3.88. The zero-order valence-corrected chi connectivity index (χ0v) is 8.55. The van der Waals surface area contributed by atoms with Crippen LogP contribution in [-0.4, -0.2) is 26.9 Å². The molecular formula is C9H9F3N4O. The first kappa shape index (κ1) is 11.6. The minimum atomic E-state index is -4.60. The van der Waals surface area contributed by atoms with Crippen molar-refractivity contribution in [3.05, 3.63) is 34.9 Å². The quantitative estimate of drug-likeness (QED) is 0.841. The molecule has 5 nitrogen and oxygen atoms in total. The van der Waals surface area contributed by atoms with Crippen LogP contribution >= 0.6 is 0 Å². The molecule has 0 saturated carbocycles. The van der Waals surface area contributed by atoms with Gasteiger partial charge in [-0.05, 0) is 12.1 Å². The van der Waals surface area contributed by atoms with Gasteiger partial charge in [0.1, 0.15) is 0 Å². The number of nitrogens with two attached hydrogens (primary N) is 1. The molecule has 0 spiro atoms. The summed E-state index contributed by atoms with van der Waals surface area (Å²) in [5.41, 5.74) is 4.35. The van der Waals surface area contributed by atoms with Gasteiger partial charge in [-0.2, -0.15) is 17.9 Å². The molecule has 0 amide bonds. The van der Waals surface area contributed by atoms with E-state index in [9.17, 15) is 18.0 Å². The highest BCUT2D eigenvalue weighted by atomic mass is 19.4. The van der Waals surface area contributed by atoms with E-state index in [1.807, 2.05) is 0 Å². The summed E-state index contributed by atoms with van der Waals surface area (Å²) in [5, 5.41) is 3.62. The molecule has 2 aromatic rings. The van der Waals surface area contributed by atoms with Crippen molar-refractivity contribution in [2.24, 2.45) is 5.73 Å². The molecule has 0 saturated heterocycles. The summed E-state index contributed by atoms with van der Waals surface area (Å²) < 4.78 is 39.3. The lowest BCUT2D eigenvalue weighted by Gasteiger charge is -2.17. The topological polar surface area (TPSA) is 65.3 Å². The zero-order chi connectivity index (χ0) is 12.6. The van der Waals surface area contributed by atoms with Crippen LogP contribution in [0.5, 0.6) is 0 Å². The molecule has 0 aliphatic heterocycles. The number of halogens is 3. The van der Waals surface area contributed by atoms with E-state index < -0.39 is 24.5 Å². The molecule has 2 rings (SSSR count). The van der Waals surface area contributed by atoms with Gasteiger partial charge in [-0.3, -0.25) is 4.40 Å². The molecule has 2 heterocycles. The Hall–Kier alpha value is -1.83. The Kier molecular flexibility index (Phi) is 2.66. The highest BCUT2D eigenvalue weighted by Crippen LogP contribution is 2.28. The van der Waals surface area contributed by atoms with Gasteiger partial charge in [0.2, 0.25) is 0 Å². The van der Waals surface area contributed by atoms with Gasteiger partial charge in [0.15, 0.2) is 11.7 Å². The fourth-order valence-corrected chi connectivity index (χ4v) is 1.52. The second-order valence-electron chi connectivity index (χ2n) is 3.45. The van der Waals surface area contributed by atoms with Crippen LogP contribution in [0.1, 0.15) is 6.04 Å². The van der Waals surface area contributed by atoms with E-state index in [0.717, 1.165) is 4.40 Å². The second-order valence-corrected chi connectivity index (χ2v) is 3.45. The maximum Gasteiger partial charge on any atom is 0.412 e. The van der Waals surface area contributed by atoms with Crippen LogP contribution in [-0.2, 0) is 0 Å². The maximum atomic E-state index is 12.6. The van der Waals surface area contributed by atoms with E-state index in [4.69, 9.17) is 5.73 Å². The minimum absolute atomic E-state index is 0.153. The summed E-state index contributed by atoms with van der Waals surface area (Å²) in [6.07, 6.45) is -3.25. The van der Waals surface area contributed by atoms with Gasteiger partial charge in [0, 0.05) is 12.7 Å². The van der Waals surface area contributed by atoms with Crippen LogP contribution < -0.4 is 11.4 Å². The zero-order valence-electron chi connectivity index (χ0n) is 8.55. The van der Waals surface area contributed by atoms with Crippen molar-refractivity contribution in [3.63, 3.8) is 0 Å². The predicted octanol–water partition coefficient (Wildman–Crippen LogP) is 0.558. The number of pyridine rings is 1. The molecule has 0 aliphatic carbocycles. The predicted molar refractivity (Wildman–Crippen MR) is 53.6 cm³/mol. The Labute approximate surface area is 93.3 Å². The van der Waals surface area contributed by atoms with Crippen LogP contribution in [0, 0.1) is 0 Å². The van der Waals surface area contributed by atoms with Crippen LogP contribution in [0.2, 0.25) is 0 Å². The summed E-state index contributed by atoms with van der Waals surface area (Å²) in [6, 6.07) is 2.46. The van der Waals surface area contributed by atoms with Gasteiger partial charge in [-0.15, -0.1) is 5.10 Å². The Morgan fingerprint density at radius 3 is 2.65 bits per heavy atom. The van der Waals surface area contributed by atoms with E-state index in [-0.39, 0.29) is 5.65 Å². The third-order valence-electron chi connectivity index (χ3n) is 2.35. The van der Waals surface area contributed by atoms with Crippen molar-refractivity contribution in [1.82, 2.24) is 14.2 Å². The summed E-state index contributed by atoms with van der Waals surface area (Å²) in [4.78, 5) is 11.7. The third-order valence-corrected chi connectivity index (χ3v) is 2.35. The highest BCUT2D eigenvalue weighted by Gasteiger charge is 2.42. The SMILES string of the molecule is NCC(n1nc2ccccn2c1=O)C(F)(F)F. The molecule has 8 heteroatoms. The first-order valence-electron chi connectivity index (χ1n) is 4.78. The molecule has 0 radical (unpaired) electrons. The Morgan fingerprint density at radius 1 is 1.41 bits per heavy atom. The molecule has 1 unspecified atom stereocenters. The van der Waals surface area contributed by atoms with Gasteiger partial charge in [0.05, 0.1) is 0 Å². The summed E-state index contributed by atoms with van der Waals surface area (Å²) in [7, 11) is 0. The molecule has 0 fully saturated rings. The lowest BCUT2D eigenvalue weighted by molar-refractivity contribution is -0.168. The molecule has 2 aromatic heterocycles. The van der Waals surface area contributed by atoms with Crippen molar-refractivity contribution >= 4 is 5.65 Å². The van der Waals surface area contributed by atoms with Crippen LogP contribution in [0.4, 0.5) is 13.2 Å². The average molecular weight is 246 g/mol. The standard InChI is InChI=1S/C9H9F3N4O/c10-9(11,12)6(5-13)16-8(17)15-4-2-1-3-7(15)14-16/h1-4,6H,5,13H2. The first-order chi connectivity index (χ1) is 7.95. The molecule has 1 atom stereocenters. The number of alkyl halides is 3. The lowest BCUT2D eigenvalue weighted by atomic mass is 10.3. The maximum absolute atomic E-state index is 12.6. The van der Waals surface area contributed by atoms with Crippen LogP contribution in [0.3, 0.4) is 0 Å². The van der Waals surface area contributed by atoms with Crippen molar-refractivity contribution in [3.8, 4) is 0 Å². The first-order valence-corrected chi connectivity index (χ1v) is 4.78. The van der Waals surface area contributed by atoms with Crippen molar-refractivity contribution in [2.45, 2.75) is 12.2 Å². The highest BCUT2D eigenvalue weighted by molar-refractivity contribution is 5.35. The van der Waals surface area contributed by atoms with E-state index in [1.54, 1.807) is 6.07 Å². The van der Waals surface area contributed by atoms with Crippen molar-refractivity contribution in [2.75, 3.05) is 6.54 Å². The fourth-order valence-electron chi connectivity index (χ4n) is 1.52. The van der Waals surface area contributed by atoms with Gasteiger partial charge < -0.3 is 5.73 Å². The lowest BCUT2D eigenvalue weighted by Crippen LogP contribution is -2.39. The molecule has 0 aromatic carbocycles. The molecule has 0 bridgehead atoms. The molecular weight excluding hydrogens is 237 g/mol. The number of hydrogen-bond acceptors (Lipinski definition) is 3. The van der Waals surface area contributed by atoms with Crippen LogP contribution in [0.25, 0.3) is 5.65 Å². The van der Waals surface area contributed by atoms with Gasteiger partial charge in [0.25, 0.3) is 0 Å². The van der Waals surface area contributed by atoms with E-state index in [0.29, 0.717) is 4.68 Å². The van der Waals surface area contributed by atoms with Crippen molar-refractivity contribution < 1.29 is 13.2 Å². The van der Waals surface area contributed by atoms with Crippen molar-refractivity contribution in [1.29, 1.82) is 0 Å². The summed E-state index contributed by atoms with van der Waals surface area (Å²) in [5.74, 6) is 0. The Morgan fingerprint density at radius 2 is 2.12 bits per heavy atom. The smallest absolute Gasteiger partial charge is 0.328 e. The summed E-state index contributed by atoms with van der Waals surface area (Å²) in [6.45, 7) is -0.729. The number of nitrogens with zero attached hydrogens (tertiary/aromatic N) is 3. The van der Waals surface area contributed by atoms with Gasteiger partial charge in [-0.25, -0.2) is 4.79 Å². The van der Waals surface area contributed by atoms with E-state index in [2.05, 4.69) is 5.10 Å². The largest absolute Gasteiger partial charge is 0.412 e. The normalized spacial score (nSPS) is 14.1. The summed E-state index contributed by atoms with van der Waals surface area (Å²) >= 11 is 0. The molecule has 92 valence electrons. The Bertz CT molecular complexity index is 586.